The van der Waals surface area contributed by atoms with E-state index in [2.05, 4.69) is 19.2 Å². The Morgan fingerprint density at radius 1 is 1.43 bits per heavy atom. The Morgan fingerprint density at radius 2 is 2.14 bits per heavy atom. The van der Waals surface area contributed by atoms with Crippen LogP contribution in [0.2, 0.25) is 0 Å². The summed E-state index contributed by atoms with van der Waals surface area (Å²) >= 11 is 4.96. The van der Waals surface area contributed by atoms with Crippen molar-refractivity contribution in [2.75, 3.05) is 18.5 Å². The van der Waals surface area contributed by atoms with Gasteiger partial charge in [0.1, 0.15) is 4.99 Å². The number of nitrogens with two attached hydrogens (primary N) is 1. The van der Waals surface area contributed by atoms with Crippen molar-refractivity contribution in [2.45, 2.75) is 33.1 Å². The quantitative estimate of drug-likeness (QED) is 0.543. The molecule has 3 N–H and O–H groups in total. The van der Waals surface area contributed by atoms with E-state index in [1.807, 2.05) is 12.1 Å². The summed E-state index contributed by atoms with van der Waals surface area (Å²) in [6, 6.07) is 7.25. The number of thiocarbonyl (C=S) groups is 1. The third kappa shape index (κ3) is 6.69. The monoisotopic (exact) mass is 308 g/mol. The van der Waals surface area contributed by atoms with Gasteiger partial charge in [0.05, 0.1) is 18.7 Å². The zero-order chi connectivity index (χ0) is 15.7. The second-order valence-electron chi connectivity index (χ2n) is 5.18. The number of para-hydroxylation sites is 1. The van der Waals surface area contributed by atoms with Crippen LogP contribution in [0.25, 0.3) is 0 Å². The first kappa shape index (κ1) is 17.6. The maximum atomic E-state index is 11.9. The van der Waals surface area contributed by atoms with Crippen LogP contribution in [0.4, 0.5) is 5.69 Å². The van der Waals surface area contributed by atoms with Gasteiger partial charge in [-0.15, -0.1) is 0 Å². The highest BCUT2D eigenvalue weighted by Gasteiger charge is 2.08. The molecule has 1 aromatic rings. The van der Waals surface area contributed by atoms with Crippen LogP contribution in [0.5, 0.6) is 0 Å². The Morgan fingerprint density at radius 3 is 2.81 bits per heavy atom. The Labute approximate surface area is 132 Å². The highest BCUT2D eigenvalue weighted by molar-refractivity contribution is 7.80. The van der Waals surface area contributed by atoms with E-state index in [4.69, 9.17) is 22.7 Å². The maximum Gasteiger partial charge on any atom is 0.226 e. The highest BCUT2D eigenvalue weighted by atomic mass is 32.1. The van der Waals surface area contributed by atoms with Gasteiger partial charge in [0.2, 0.25) is 5.91 Å². The summed E-state index contributed by atoms with van der Waals surface area (Å²) in [4.78, 5) is 12.2. The first-order valence-electron chi connectivity index (χ1n) is 7.31. The third-order valence-corrected chi connectivity index (χ3v) is 3.34. The van der Waals surface area contributed by atoms with E-state index in [0.717, 1.165) is 12.8 Å². The average molecular weight is 308 g/mol. The van der Waals surface area contributed by atoms with Crippen molar-refractivity contribution in [1.82, 2.24) is 0 Å². The van der Waals surface area contributed by atoms with E-state index < -0.39 is 0 Å². The molecule has 1 rings (SSSR count). The van der Waals surface area contributed by atoms with E-state index in [0.29, 0.717) is 36.8 Å². The molecule has 1 aromatic carbocycles. The number of anilines is 1. The lowest BCUT2D eigenvalue weighted by Crippen LogP contribution is -2.19. The van der Waals surface area contributed by atoms with E-state index in [1.165, 1.54) is 0 Å². The van der Waals surface area contributed by atoms with Crippen LogP contribution < -0.4 is 11.1 Å². The number of nitrogens with one attached hydrogen (secondary N) is 1. The van der Waals surface area contributed by atoms with Crippen molar-refractivity contribution in [1.29, 1.82) is 0 Å². The van der Waals surface area contributed by atoms with Gasteiger partial charge in [0.25, 0.3) is 0 Å². The van der Waals surface area contributed by atoms with Gasteiger partial charge in [0.15, 0.2) is 0 Å². The maximum absolute atomic E-state index is 11.9. The second kappa shape index (κ2) is 9.47. The lowest BCUT2D eigenvalue weighted by atomic mass is 10.1. The minimum atomic E-state index is -0.0955. The van der Waals surface area contributed by atoms with E-state index in [1.54, 1.807) is 12.1 Å². The summed E-state index contributed by atoms with van der Waals surface area (Å²) in [5.41, 5.74) is 6.96. The van der Waals surface area contributed by atoms with E-state index in [-0.39, 0.29) is 10.9 Å². The molecule has 0 heterocycles. The van der Waals surface area contributed by atoms with Crippen molar-refractivity contribution in [3.8, 4) is 0 Å². The zero-order valence-electron chi connectivity index (χ0n) is 12.7. The molecule has 0 radical (unpaired) electrons. The van der Waals surface area contributed by atoms with Crippen molar-refractivity contribution in [3.05, 3.63) is 29.8 Å². The summed E-state index contributed by atoms with van der Waals surface area (Å²) in [5.74, 6) is 0.440. The van der Waals surface area contributed by atoms with Gasteiger partial charge in [-0.05, 0) is 24.5 Å². The Balaban J connectivity index is 2.36. The van der Waals surface area contributed by atoms with Crippen molar-refractivity contribution in [2.24, 2.45) is 11.7 Å². The van der Waals surface area contributed by atoms with Gasteiger partial charge in [-0.2, -0.15) is 0 Å². The molecular weight excluding hydrogens is 284 g/mol. The van der Waals surface area contributed by atoms with Crippen LogP contribution in [-0.4, -0.2) is 24.1 Å². The summed E-state index contributed by atoms with van der Waals surface area (Å²) in [6.45, 7) is 5.44. The van der Waals surface area contributed by atoms with Gasteiger partial charge >= 0.3 is 0 Å². The number of carbonyl (C=O) groups excluding carboxylic acids is 1. The van der Waals surface area contributed by atoms with Crippen LogP contribution in [0.3, 0.4) is 0 Å². The molecular formula is C16H24N2O2S. The fourth-order valence-corrected chi connectivity index (χ4v) is 2.22. The third-order valence-electron chi connectivity index (χ3n) is 3.12. The molecule has 0 aromatic heterocycles. The summed E-state index contributed by atoms with van der Waals surface area (Å²) < 4.78 is 5.52. The summed E-state index contributed by atoms with van der Waals surface area (Å²) in [7, 11) is 0. The average Bonchev–Trinajstić information content (AvgIpc) is 2.44. The van der Waals surface area contributed by atoms with Crippen molar-refractivity contribution < 1.29 is 9.53 Å². The minimum absolute atomic E-state index is 0.0955. The highest BCUT2D eigenvalue weighted by Crippen LogP contribution is 2.15. The Kier molecular flexibility index (Phi) is 7.93. The van der Waals surface area contributed by atoms with E-state index in [9.17, 15) is 4.79 Å². The molecule has 116 valence electrons. The van der Waals surface area contributed by atoms with Crippen LogP contribution in [0.15, 0.2) is 24.3 Å². The molecule has 0 fully saturated rings. The summed E-state index contributed by atoms with van der Waals surface area (Å²) in [5, 5.41) is 2.82. The number of hydrogen-bond donors (Lipinski definition) is 2. The Hall–Kier alpha value is -1.46. The van der Waals surface area contributed by atoms with Crippen LogP contribution in [0, 0.1) is 5.92 Å². The number of hydrogen-bond acceptors (Lipinski definition) is 3. The predicted molar refractivity (Wildman–Crippen MR) is 90.5 cm³/mol. The summed E-state index contributed by atoms with van der Waals surface area (Å²) in [6.07, 6.45) is 2.62. The molecule has 0 aliphatic heterocycles. The fourth-order valence-electron chi connectivity index (χ4n) is 2.05. The van der Waals surface area contributed by atoms with Crippen LogP contribution in [-0.2, 0) is 9.53 Å². The topological polar surface area (TPSA) is 64.3 Å². The fraction of sp³-hybridized carbons (Fsp3) is 0.500. The van der Waals surface area contributed by atoms with Gasteiger partial charge in [-0.3, -0.25) is 4.79 Å². The molecule has 0 aliphatic carbocycles. The molecule has 0 bridgehead atoms. The molecule has 4 nitrogen and oxygen atoms in total. The second-order valence-corrected chi connectivity index (χ2v) is 5.62. The molecule has 1 atom stereocenters. The molecule has 0 saturated carbocycles. The van der Waals surface area contributed by atoms with Gasteiger partial charge in [0, 0.05) is 12.2 Å². The van der Waals surface area contributed by atoms with Gasteiger partial charge < -0.3 is 15.8 Å². The first-order valence-corrected chi connectivity index (χ1v) is 7.71. The number of carbonyl (C=O) groups is 1. The minimum Gasteiger partial charge on any atom is -0.389 e. The van der Waals surface area contributed by atoms with Crippen molar-refractivity contribution >= 4 is 28.8 Å². The lowest BCUT2D eigenvalue weighted by molar-refractivity contribution is -0.117. The largest absolute Gasteiger partial charge is 0.389 e. The number of benzene rings is 1. The Bertz CT molecular complexity index is 477. The molecule has 0 spiro atoms. The molecule has 1 unspecified atom stereocenters. The zero-order valence-corrected chi connectivity index (χ0v) is 13.5. The lowest BCUT2D eigenvalue weighted by Gasteiger charge is -2.12. The van der Waals surface area contributed by atoms with Crippen molar-refractivity contribution in [3.63, 3.8) is 0 Å². The van der Waals surface area contributed by atoms with Gasteiger partial charge in [-0.25, -0.2) is 0 Å². The van der Waals surface area contributed by atoms with Crippen LogP contribution >= 0.6 is 12.2 Å². The molecule has 21 heavy (non-hydrogen) atoms. The SMILES string of the molecule is CCCC(C)COCCC(=O)Nc1ccccc1C(N)=S. The number of rotatable bonds is 9. The molecule has 5 heteroatoms. The molecule has 1 amide bonds. The number of amides is 1. The van der Waals surface area contributed by atoms with E-state index >= 15 is 0 Å². The van der Waals surface area contributed by atoms with Crippen LogP contribution in [0.1, 0.15) is 38.7 Å². The predicted octanol–water partition coefficient (Wildman–Crippen LogP) is 3.10. The standard InChI is InChI=1S/C16H24N2O2S/c1-3-6-12(2)11-20-10-9-15(19)18-14-8-5-4-7-13(14)16(17)21/h4-5,7-8,12H,3,6,9-11H2,1-2H3,(H2,17,21)(H,18,19). The van der Waals surface area contributed by atoms with Gasteiger partial charge in [-0.1, -0.05) is 44.6 Å². The number of ether oxygens (including phenoxy) is 1. The smallest absolute Gasteiger partial charge is 0.226 e. The normalized spacial score (nSPS) is 11.9. The molecule has 0 aliphatic rings. The first-order chi connectivity index (χ1) is 10.0. The molecule has 0 saturated heterocycles.